The average molecular weight is 257 g/mol. The molecule has 2 aliphatic rings. The second-order valence-electron chi connectivity index (χ2n) is 7.53. The van der Waals surface area contributed by atoms with Gasteiger partial charge in [-0.3, -0.25) is 0 Å². The third-order valence-electron chi connectivity index (χ3n) is 6.47. The lowest BCUT2D eigenvalue weighted by molar-refractivity contribution is 0.120. The van der Waals surface area contributed by atoms with E-state index in [4.69, 9.17) is 0 Å². The topological polar surface area (TPSA) is 12.0 Å². The van der Waals surface area contributed by atoms with Gasteiger partial charge in [-0.2, -0.15) is 0 Å². The summed E-state index contributed by atoms with van der Waals surface area (Å²) in [5.41, 5.74) is 3.76. The van der Waals surface area contributed by atoms with Gasteiger partial charge in [0.1, 0.15) is 0 Å². The first kappa shape index (κ1) is 13.2. The first-order chi connectivity index (χ1) is 8.93. The Bertz CT molecular complexity index is 459. The Kier molecular flexibility index (Phi) is 3.01. The van der Waals surface area contributed by atoms with E-state index in [2.05, 4.69) is 57.3 Å². The van der Waals surface area contributed by atoms with E-state index in [0.29, 0.717) is 16.9 Å². The van der Waals surface area contributed by atoms with Gasteiger partial charge in [0, 0.05) is 12.6 Å². The van der Waals surface area contributed by atoms with Gasteiger partial charge in [-0.1, -0.05) is 50.6 Å². The number of rotatable bonds is 3. The molecule has 1 aromatic carbocycles. The molecular formula is C18H27N. The van der Waals surface area contributed by atoms with Crippen molar-refractivity contribution in [2.75, 3.05) is 0 Å². The molecule has 0 aliphatic heterocycles. The van der Waals surface area contributed by atoms with Gasteiger partial charge in [0.25, 0.3) is 0 Å². The highest BCUT2D eigenvalue weighted by atomic mass is 15.0. The van der Waals surface area contributed by atoms with Crippen LogP contribution in [0.2, 0.25) is 0 Å². The maximum atomic E-state index is 3.84. The molecule has 19 heavy (non-hydrogen) atoms. The van der Waals surface area contributed by atoms with Crippen LogP contribution >= 0.6 is 0 Å². The van der Waals surface area contributed by atoms with E-state index in [1.54, 1.807) is 0 Å². The van der Waals surface area contributed by atoms with Crippen LogP contribution in [0.15, 0.2) is 24.3 Å². The van der Waals surface area contributed by atoms with Crippen molar-refractivity contribution in [1.29, 1.82) is 0 Å². The van der Waals surface area contributed by atoms with Crippen molar-refractivity contribution in [3.05, 3.63) is 35.4 Å². The minimum absolute atomic E-state index is 0.488. The second-order valence-corrected chi connectivity index (χ2v) is 7.53. The van der Waals surface area contributed by atoms with Crippen molar-refractivity contribution in [2.24, 2.45) is 16.7 Å². The summed E-state index contributed by atoms with van der Waals surface area (Å²) in [6.45, 7) is 10.6. The zero-order chi connectivity index (χ0) is 13.7. The maximum absolute atomic E-state index is 3.84. The van der Waals surface area contributed by atoms with Crippen LogP contribution in [-0.2, 0) is 6.54 Å². The van der Waals surface area contributed by atoms with E-state index < -0.39 is 0 Å². The zero-order valence-electron chi connectivity index (χ0n) is 12.8. The van der Waals surface area contributed by atoms with Gasteiger partial charge in [-0.25, -0.2) is 0 Å². The summed E-state index contributed by atoms with van der Waals surface area (Å²) < 4.78 is 0. The standard InChI is InChI=1S/C18H27N/c1-13-5-7-14(8-6-13)12-19-16-11-15-9-10-18(16,4)17(15,2)3/h5-8,15-16,19H,9-12H2,1-4H3/t15-,16+,18+/m0/s1. The van der Waals surface area contributed by atoms with Crippen LogP contribution in [0.25, 0.3) is 0 Å². The summed E-state index contributed by atoms with van der Waals surface area (Å²) in [4.78, 5) is 0. The van der Waals surface area contributed by atoms with Crippen LogP contribution < -0.4 is 5.32 Å². The Hall–Kier alpha value is -0.820. The fourth-order valence-electron chi connectivity index (χ4n) is 4.46. The first-order valence-electron chi connectivity index (χ1n) is 7.72. The number of benzene rings is 1. The fourth-order valence-corrected chi connectivity index (χ4v) is 4.46. The zero-order valence-corrected chi connectivity index (χ0v) is 12.8. The highest BCUT2D eigenvalue weighted by Crippen LogP contribution is 2.65. The molecule has 1 heteroatoms. The van der Waals surface area contributed by atoms with Gasteiger partial charge in [0.15, 0.2) is 0 Å². The van der Waals surface area contributed by atoms with E-state index in [1.165, 1.54) is 30.4 Å². The molecule has 3 atom stereocenters. The molecule has 2 aliphatic carbocycles. The molecule has 0 unspecified atom stereocenters. The maximum Gasteiger partial charge on any atom is 0.0208 e. The Morgan fingerprint density at radius 3 is 2.37 bits per heavy atom. The summed E-state index contributed by atoms with van der Waals surface area (Å²) >= 11 is 0. The summed E-state index contributed by atoms with van der Waals surface area (Å²) in [7, 11) is 0. The Balaban J connectivity index is 1.67. The summed E-state index contributed by atoms with van der Waals surface area (Å²) in [6, 6.07) is 9.63. The van der Waals surface area contributed by atoms with Crippen LogP contribution in [0.4, 0.5) is 0 Å². The molecule has 0 heterocycles. The SMILES string of the molecule is Cc1ccc(CN[C@@H]2C[C@@H]3CC[C@@]2(C)C3(C)C)cc1. The lowest BCUT2D eigenvalue weighted by Gasteiger charge is -2.39. The number of aryl methyl sites for hydroxylation is 1. The molecule has 2 saturated carbocycles. The summed E-state index contributed by atoms with van der Waals surface area (Å²) in [5.74, 6) is 0.924. The number of nitrogens with one attached hydrogen (secondary N) is 1. The molecule has 0 aromatic heterocycles. The molecule has 0 amide bonds. The monoisotopic (exact) mass is 257 g/mol. The number of hydrogen-bond donors (Lipinski definition) is 1. The van der Waals surface area contributed by atoms with Gasteiger partial charge >= 0.3 is 0 Å². The molecule has 1 nitrogen and oxygen atoms in total. The van der Waals surface area contributed by atoms with Gasteiger partial charge in [0.05, 0.1) is 0 Å². The van der Waals surface area contributed by atoms with Crippen molar-refractivity contribution < 1.29 is 0 Å². The molecule has 2 fully saturated rings. The van der Waals surface area contributed by atoms with Crippen LogP contribution in [0, 0.1) is 23.7 Å². The highest BCUT2D eigenvalue weighted by Gasteiger charge is 2.60. The Morgan fingerprint density at radius 2 is 1.84 bits per heavy atom. The molecule has 0 radical (unpaired) electrons. The van der Waals surface area contributed by atoms with Crippen molar-refractivity contribution in [1.82, 2.24) is 5.32 Å². The number of fused-ring (bicyclic) bond motifs is 2. The summed E-state index contributed by atoms with van der Waals surface area (Å²) in [6.07, 6.45) is 4.21. The van der Waals surface area contributed by atoms with Crippen molar-refractivity contribution >= 4 is 0 Å². The van der Waals surface area contributed by atoms with Gasteiger partial charge in [-0.05, 0) is 48.5 Å². The molecular weight excluding hydrogens is 230 g/mol. The van der Waals surface area contributed by atoms with E-state index in [-0.39, 0.29) is 0 Å². The minimum atomic E-state index is 0.488. The van der Waals surface area contributed by atoms with Gasteiger partial charge in [0.2, 0.25) is 0 Å². The molecule has 104 valence electrons. The largest absolute Gasteiger partial charge is 0.309 e. The van der Waals surface area contributed by atoms with Gasteiger partial charge < -0.3 is 5.32 Å². The third kappa shape index (κ3) is 1.94. The Labute approximate surface area is 117 Å². The molecule has 1 aromatic rings. The molecule has 0 saturated heterocycles. The predicted octanol–water partition coefficient (Wildman–Crippen LogP) is 4.30. The van der Waals surface area contributed by atoms with E-state index >= 15 is 0 Å². The quantitative estimate of drug-likeness (QED) is 0.851. The lowest BCUT2D eigenvalue weighted by Crippen LogP contribution is -2.44. The van der Waals surface area contributed by atoms with E-state index in [9.17, 15) is 0 Å². The van der Waals surface area contributed by atoms with Crippen LogP contribution in [0.3, 0.4) is 0 Å². The fraction of sp³-hybridized carbons (Fsp3) is 0.667. The predicted molar refractivity (Wildman–Crippen MR) is 81.0 cm³/mol. The van der Waals surface area contributed by atoms with E-state index in [0.717, 1.165) is 12.5 Å². The molecule has 1 N–H and O–H groups in total. The summed E-state index contributed by atoms with van der Waals surface area (Å²) in [5, 5.41) is 3.84. The van der Waals surface area contributed by atoms with Crippen LogP contribution in [-0.4, -0.2) is 6.04 Å². The highest BCUT2D eigenvalue weighted by molar-refractivity contribution is 5.21. The minimum Gasteiger partial charge on any atom is -0.309 e. The van der Waals surface area contributed by atoms with Crippen LogP contribution in [0.5, 0.6) is 0 Å². The number of hydrogen-bond acceptors (Lipinski definition) is 1. The van der Waals surface area contributed by atoms with Gasteiger partial charge in [-0.15, -0.1) is 0 Å². The lowest BCUT2D eigenvalue weighted by atomic mass is 9.69. The van der Waals surface area contributed by atoms with Crippen molar-refractivity contribution in [3.63, 3.8) is 0 Å². The molecule has 2 bridgehead atoms. The normalized spacial score (nSPS) is 35.8. The second kappa shape index (κ2) is 4.34. The average Bonchev–Trinajstić information content (AvgIpc) is 2.71. The molecule has 3 rings (SSSR count). The smallest absolute Gasteiger partial charge is 0.0208 e. The van der Waals surface area contributed by atoms with Crippen LogP contribution in [0.1, 0.15) is 51.2 Å². The van der Waals surface area contributed by atoms with Crippen molar-refractivity contribution in [2.45, 2.75) is 59.5 Å². The van der Waals surface area contributed by atoms with E-state index in [1.807, 2.05) is 0 Å². The first-order valence-corrected chi connectivity index (χ1v) is 7.72. The van der Waals surface area contributed by atoms with Crippen molar-refractivity contribution in [3.8, 4) is 0 Å². The third-order valence-corrected chi connectivity index (χ3v) is 6.47. The molecule has 0 spiro atoms. The Morgan fingerprint density at radius 1 is 1.16 bits per heavy atom.